The van der Waals surface area contributed by atoms with E-state index in [1.165, 1.54) is 17.7 Å². The Balaban J connectivity index is 2.21. The largest absolute Gasteiger partial charge is 0.324 e. The number of hydrogen-bond donors (Lipinski definition) is 1. The van der Waals surface area contributed by atoms with E-state index in [9.17, 15) is 4.39 Å². The predicted molar refractivity (Wildman–Crippen MR) is 69.7 cm³/mol. The van der Waals surface area contributed by atoms with E-state index in [1.807, 2.05) is 25.6 Å². The summed E-state index contributed by atoms with van der Waals surface area (Å²) in [5, 5.41) is 4.37. The summed E-state index contributed by atoms with van der Waals surface area (Å²) in [6.07, 6.45) is 0.719. The first-order valence-electron chi connectivity index (χ1n) is 5.99. The third-order valence-corrected chi connectivity index (χ3v) is 3.38. The summed E-state index contributed by atoms with van der Waals surface area (Å²) in [5.74, 6) is -0.236. The molecule has 1 aromatic carbocycles. The molecule has 4 heteroatoms. The number of nitrogens with two attached hydrogens (primary N) is 1. The lowest BCUT2D eigenvalue weighted by atomic mass is 9.98. The zero-order valence-electron chi connectivity index (χ0n) is 10.9. The van der Waals surface area contributed by atoms with Crippen molar-refractivity contribution in [3.05, 3.63) is 52.6 Å². The van der Waals surface area contributed by atoms with Crippen molar-refractivity contribution in [2.75, 3.05) is 0 Å². The summed E-state index contributed by atoms with van der Waals surface area (Å²) in [4.78, 5) is 0. The lowest BCUT2D eigenvalue weighted by molar-refractivity contribution is 0.624. The second kappa shape index (κ2) is 4.90. The fourth-order valence-electron chi connectivity index (χ4n) is 2.16. The van der Waals surface area contributed by atoms with Crippen molar-refractivity contribution in [1.82, 2.24) is 9.78 Å². The molecule has 2 rings (SSSR count). The highest BCUT2D eigenvalue weighted by Crippen LogP contribution is 2.20. The molecule has 1 aromatic heterocycles. The summed E-state index contributed by atoms with van der Waals surface area (Å²) in [5.41, 5.74) is 10.4. The van der Waals surface area contributed by atoms with Crippen molar-refractivity contribution in [1.29, 1.82) is 0 Å². The van der Waals surface area contributed by atoms with Crippen LogP contribution in [0.1, 0.15) is 28.6 Å². The Morgan fingerprint density at radius 2 is 1.89 bits per heavy atom. The molecule has 0 aliphatic rings. The van der Waals surface area contributed by atoms with Crippen LogP contribution in [0, 0.1) is 19.7 Å². The predicted octanol–water partition coefficient (Wildman–Crippen LogP) is 2.42. The van der Waals surface area contributed by atoms with Gasteiger partial charge in [0, 0.05) is 18.8 Å². The van der Waals surface area contributed by atoms with Crippen molar-refractivity contribution >= 4 is 0 Å². The monoisotopic (exact) mass is 247 g/mol. The number of halogens is 1. The van der Waals surface area contributed by atoms with E-state index in [1.54, 1.807) is 12.1 Å². The number of benzene rings is 1. The molecule has 1 heterocycles. The Morgan fingerprint density at radius 3 is 2.39 bits per heavy atom. The van der Waals surface area contributed by atoms with Crippen molar-refractivity contribution in [3.8, 4) is 0 Å². The SMILES string of the molecule is Cc1nn(C)c(C)c1CC(N)c1ccc(F)cc1. The van der Waals surface area contributed by atoms with Gasteiger partial charge in [-0.15, -0.1) is 0 Å². The third kappa shape index (κ3) is 2.43. The first-order chi connectivity index (χ1) is 8.49. The number of rotatable bonds is 3. The van der Waals surface area contributed by atoms with Gasteiger partial charge in [0.05, 0.1) is 5.69 Å². The number of nitrogens with zero attached hydrogens (tertiary/aromatic N) is 2. The Morgan fingerprint density at radius 1 is 1.28 bits per heavy atom. The average Bonchev–Trinajstić information content (AvgIpc) is 2.57. The molecule has 2 aromatic rings. The highest BCUT2D eigenvalue weighted by molar-refractivity contribution is 5.28. The highest BCUT2D eigenvalue weighted by atomic mass is 19.1. The molecule has 0 amide bonds. The summed E-state index contributed by atoms with van der Waals surface area (Å²) in [6, 6.07) is 6.23. The zero-order chi connectivity index (χ0) is 13.3. The van der Waals surface area contributed by atoms with E-state index >= 15 is 0 Å². The van der Waals surface area contributed by atoms with Gasteiger partial charge >= 0.3 is 0 Å². The van der Waals surface area contributed by atoms with Crippen molar-refractivity contribution < 1.29 is 4.39 Å². The fourth-order valence-corrected chi connectivity index (χ4v) is 2.16. The van der Waals surface area contributed by atoms with Gasteiger partial charge in [0.1, 0.15) is 5.82 Å². The van der Waals surface area contributed by atoms with E-state index in [4.69, 9.17) is 5.73 Å². The molecule has 0 aliphatic heterocycles. The molecule has 0 bridgehead atoms. The topological polar surface area (TPSA) is 43.8 Å². The molecule has 0 aliphatic carbocycles. The van der Waals surface area contributed by atoms with Crippen LogP contribution in [0.3, 0.4) is 0 Å². The Labute approximate surface area is 106 Å². The Hall–Kier alpha value is -1.68. The van der Waals surface area contributed by atoms with E-state index in [0.29, 0.717) is 0 Å². The number of aryl methyl sites for hydroxylation is 2. The van der Waals surface area contributed by atoms with Gasteiger partial charge in [0.15, 0.2) is 0 Å². The number of hydrogen-bond acceptors (Lipinski definition) is 2. The van der Waals surface area contributed by atoms with Gasteiger partial charge in [-0.05, 0) is 43.5 Å². The molecule has 2 N–H and O–H groups in total. The van der Waals surface area contributed by atoms with E-state index in [-0.39, 0.29) is 11.9 Å². The zero-order valence-corrected chi connectivity index (χ0v) is 10.9. The second-order valence-corrected chi connectivity index (χ2v) is 4.64. The fraction of sp³-hybridized carbons (Fsp3) is 0.357. The van der Waals surface area contributed by atoms with E-state index in [0.717, 1.165) is 23.4 Å². The van der Waals surface area contributed by atoms with Gasteiger partial charge in [-0.2, -0.15) is 5.10 Å². The van der Waals surface area contributed by atoms with Gasteiger partial charge in [-0.3, -0.25) is 4.68 Å². The maximum absolute atomic E-state index is 12.9. The molecule has 1 atom stereocenters. The van der Waals surface area contributed by atoms with Crippen molar-refractivity contribution in [3.63, 3.8) is 0 Å². The van der Waals surface area contributed by atoms with Crippen LogP contribution in [0.4, 0.5) is 4.39 Å². The van der Waals surface area contributed by atoms with Crippen LogP contribution in [0.25, 0.3) is 0 Å². The van der Waals surface area contributed by atoms with E-state index in [2.05, 4.69) is 5.10 Å². The molecular weight excluding hydrogens is 229 g/mol. The first-order valence-corrected chi connectivity index (χ1v) is 5.99. The summed E-state index contributed by atoms with van der Waals surface area (Å²) >= 11 is 0. The lowest BCUT2D eigenvalue weighted by Crippen LogP contribution is -2.14. The molecule has 0 saturated carbocycles. The summed E-state index contributed by atoms with van der Waals surface area (Å²) < 4.78 is 14.7. The van der Waals surface area contributed by atoms with Gasteiger partial charge < -0.3 is 5.73 Å². The molecule has 0 saturated heterocycles. The third-order valence-electron chi connectivity index (χ3n) is 3.38. The average molecular weight is 247 g/mol. The molecule has 0 spiro atoms. The smallest absolute Gasteiger partial charge is 0.123 e. The first kappa shape index (κ1) is 12.8. The molecule has 18 heavy (non-hydrogen) atoms. The molecule has 1 unspecified atom stereocenters. The van der Waals surface area contributed by atoms with Crippen LogP contribution in [0.5, 0.6) is 0 Å². The normalized spacial score (nSPS) is 12.7. The summed E-state index contributed by atoms with van der Waals surface area (Å²) in [7, 11) is 1.93. The van der Waals surface area contributed by atoms with Crippen LogP contribution < -0.4 is 5.73 Å². The van der Waals surface area contributed by atoms with Gasteiger partial charge in [-0.25, -0.2) is 4.39 Å². The molecule has 96 valence electrons. The lowest BCUT2D eigenvalue weighted by Gasteiger charge is -2.12. The van der Waals surface area contributed by atoms with Crippen LogP contribution in [-0.2, 0) is 13.5 Å². The molecular formula is C14H18FN3. The molecule has 3 nitrogen and oxygen atoms in total. The van der Waals surface area contributed by atoms with Gasteiger partial charge in [-0.1, -0.05) is 12.1 Å². The van der Waals surface area contributed by atoms with E-state index < -0.39 is 0 Å². The van der Waals surface area contributed by atoms with Crippen LogP contribution in [0.15, 0.2) is 24.3 Å². The molecule has 0 radical (unpaired) electrons. The standard InChI is InChI=1S/C14H18FN3/c1-9-13(10(2)18(3)17-9)8-14(16)11-4-6-12(15)7-5-11/h4-7,14H,8,16H2,1-3H3. The number of aromatic nitrogens is 2. The van der Waals surface area contributed by atoms with Crippen LogP contribution in [0.2, 0.25) is 0 Å². The minimum absolute atomic E-state index is 0.132. The summed E-state index contributed by atoms with van der Waals surface area (Å²) in [6.45, 7) is 4.02. The Bertz CT molecular complexity index is 543. The van der Waals surface area contributed by atoms with Crippen LogP contribution >= 0.6 is 0 Å². The second-order valence-electron chi connectivity index (χ2n) is 4.64. The molecule has 0 fully saturated rings. The maximum Gasteiger partial charge on any atom is 0.123 e. The quantitative estimate of drug-likeness (QED) is 0.905. The van der Waals surface area contributed by atoms with Gasteiger partial charge in [0.25, 0.3) is 0 Å². The Kier molecular flexibility index (Phi) is 3.48. The van der Waals surface area contributed by atoms with Crippen molar-refractivity contribution in [2.24, 2.45) is 12.8 Å². The minimum atomic E-state index is -0.236. The highest BCUT2D eigenvalue weighted by Gasteiger charge is 2.14. The van der Waals surface area contributed by atoms with Crippen LogP contribution in [-0.4, -0.2) is 9.78 Å². The minimum Gasteiger partial charge on any atom is -0.324 e. The van der Waals surface area contributed by atoms with Crippen molar-refractivity contribution in [2.45, 2.75) is 26.3 Å². The van der Waals surface area contributed by atoms with Gasteiger partial charge in [0.2, 0.25) is 0 Å². The maximum atomic E-state index is 12.9.